The molecule has 0 spiro atoms. The van der Waals surface area contributed by atoms with E-state index in [1.54, 1.807) is 0 Å². The largest absolute Gasteiger partial charge is 0.354 e. The maximum absolute atomic E-state index is 4.68. The van der Waals surface area contributed by atoms with E-state index in [-0.39, 0.29) is 0 Å². The van der Waals surface area contributed by atoms with Crippen LogP contribution in [0.25, 0.3) is 33.8 Å². The highest BCUT2D eigenvalue weighted by Gasteiger charge is 2.15. The number of nitrogens with zero attached hydrogens (tertiary/aromatic N) is 7. The van der Waals surface area contributed by atoms with Crippen molar-refractivity contribution in [1.29, 1.82) is 0 Å². The zero-order valence-corrected chi connectivity index (χ0v) is 30.6. The first kappa shape index (κ1) is 38.2. The number of fused-ring (bicyclic) bond motifs is 2. The topological polar surface area (TPSA) is 102 Å². The van der Waals surface area contributed by atoms with Crippen LogP contribution in [0.15, 0.2) is 61.8 Å². The van der Waals surface area contributed by atoms with Gasteiger partial charge in [-0.25, -0.2) is 14.5 Å². The van der Waals surface area contributed by atoms with Gasteiger partial charge in [-0.1, -0.05) is 73.1 Å². The second-order valence-electron chi connectivity index (χ2n) is 11.4. The van der Waals surface area contributed by atoms with Crippen molar-refractivity contribution in [2.24, 2.45) is 0 Å². The molecular formula is C38H58N10. The third kappa shape index (κ3) is 10.1. The van der Waals surface area contributed by atoms with Crippen LogP contribution < -0.4 is 15.5 Å². The van der Waals surface area contributed by atoms with Crippen molar-refractivity contribution in [3.63, 3.8) is 0 Å². The lowest BCUT2D eigenvalue weighted by atomic mass is 10.1. The Hall–Kier alpha value is -4.28. The van der Waals surface area contributed by atoms with Crippen LogP contribution in [0.4, 0.5) is 11.8 Å². The Balaban J connectivity index is 0.000000416. The average molecular weight is 655 g/mol. The first-order chi connectivity index (χ1) is 23.5. The minimum absolute atomic E-state index is 0.578. The summed E-state index contributed by atoms with van der Waals surface area (Å²) in [4.78, 5) is 21.9. The van der Waals surface area contributed by atoms with Gasteiger partial charge in [0.2, 0.25) is 5.95 Å². The number of nitrogens with one attached hydrogen (secondary N) is 3. The first-order valence-electron chi connectivity index (χ1n) is 17.8. The summed E-state index contributed by atoms with van der Waals surface area (Å²) >= 11 is 0. The van der Waals surface area contributed by atoms with Crippen molar-refractivity contribution < 1.29 is 0 Å². The van der Waals surface area contributed by atoms with Gasteiger partial charge in [0, 0.05) is 80.1 Å². The summed E-state index contributed by atoms with van der Waals surface area (Å²) in [5, 5.41) is 12.0. The number of likely N-dealkylation sites (N-methyl/N-ethyl adjacent to an activating group) is 1. The Morgan fingerprint density at radius 2 is 1.69 bits per heavy atom. The number of rotatable bonds is 11. The second-order valence-corrected chi connectivity index (χ2v) is 11.4. The minimum Gasteiger partial charge on any atom is -0.354 e. The summed E-state index contributed by atoms with van der Waals surface area (Å²) in [7, 11) is 4.21. The van der Waals surface area contributed by atoms with E-state index >= 15 is 0 Å². The maximum Gasteiger partial charge on any atom is 0.224 e. The number of aromatic amines is 1. The molecule has 1 saturated heterocycles. The van der Waals surface area contributed by atoms with Gasteiger partial charge in [-0.05, 0) is 56.3 Å². The molecule has 1 aliphatic heterocycles. The summed E-state index contributed by atoms with van der Waals surface area (Å²) in [5.41, 5.74) is 6.01. The van der Waals surface area contributed by atoms with E-state index in [1.807, 2.05) is 75.3 Å². The van der Waals surface area contributed by atoms with Crippen LogP contribution in [0.5, 0.6) is 0 Å². The Morgan fingerprint density at radius 1 is 0.958 bits per heavy atom. The molecule has 6 rings (SSSR count). The van der Waals surface area contributed by atoms with E-state index in [0.29, 0.717) is 12.5 Å². The molecule has 10 nitrogen and oxygen atoms in total. The summed E-state index contributed by atoms with van der Waals surface area (Å²) in [6, 6.07) is 9.12. The number of piperazine rings is 1. The molecule has 0 unspecified atom stereocenters. The predicted molar refractivity (Wildman–Crippen MR) is 205 cm³/mol. The van der Waals surface area contributed by atoms with E-state index in [9.17, 15) is 0 Å². The third-order valence-corrected chi connectivity index (χ3v) is 8.28. The number of anilines is 2. The highest BCUT2D eigenvalue weighted by atomic mass is 15.3. The van der Waals surface area contributed by atoms with E-state index in [0.717, 1.165) is 76.8 Å². The number of hydrogen-bond acceptors (Lipinski definition) is 8. The van der Waals surface area contributed by atoms with Crippen molar-refractivity contribution in [1.82, 2.24) is 39.8 Å². The van der Waals surface area contributed by atoms with Gasteiger partial charge in [0.15, 0.2) is 0 Å². The lowest BCUT2D eigenvalue weighted by Crippen LogP contribution is -2.44. The molecule has 260 valence electrons. The van der Waals surface area contributed by atoms with Gasteiger partial charge in [0.25, 0.3) is 0 Å². The molecule has 5 aromatic heterocycles. The molecule has 6 heterocycles. The monoisotopic (exact) mass is 654 g/mol. The summed E-state index contributed by atoms with van der Waals surface area (Å²) in [6.45, 7) is 21.1. The molecule has 0 aromatic carbocycles. The van der Waals surface area contributed by atoms with Crippen LogP contribution >= 0.6 is 0 Å². The van der Waals surface area contributed by atoms with E-state index in [4.69, 9.17) is 0 Å². The highest BCUT2D eigenvalue weighted by Crippen LogP contribution is 2.29. The maximum atomic E-state index is 4.68. The van der Waals surface area contributed by atoms with Crippen LogP contribution in [-0.2, 0) is 6.54 Å². The molecule has 10 heteroatoms. The Labute approximate surface area is 288 Å². The van der Waals surface area contributed by atoms with Gasteiger partial charge in [-0.2, -0.15) is 10.1 Å². The summed E-state index contributed by atoms with van der Waals surface area (Å²) in [5.74, 6) is 1.61. The van der Waals surface area contributed by atoms with Crippen LogP contribution in [0.1, 0.15) is 78.4 Å². The predicted octanol–water partition coefficient (Wildman–Crippen LogP) is 7.90. The standard InChI is InChI=1S/C26H27N9.C8H19N.2C2H6/c1-3-19-15-31-35-7-6-20(12-23(19)35)21-16-28-25-22(21)17-30-26(32-25)29-14-18-4-5-24(27-13-18)34-10-8-33(2)9-11-34;1-4-6-8(9-3)7-5-2;2*1-2/h3-7,12-13,15-17H,1,8-11,14H2,2H3,(H2,28,29,30,32);8-9H,4-7H2,1-3H3;2*1-2H3. The SMILES string of the molecule is C=Cc1cnn2ccc(-c3c[nH]c4nc(NCc5ccc(N6CCN(C)CC6)nc5)ncc34)cc12.CC.CC.CCCC(CCC)NC. The van der Waals surface area contributed by atoms with E-state index in [2.05, 4.69) is 98.2 Å². The molecule has 48 heavy (non-hydrogen) atoms. The quantitative estimate of drug-likeness (QED) is 0.132. The molecule has 3 N–H and O–H groups in total. The molecular weight excluding hydrogens is 596 g/mol. The van der Waals surface area contributed by atoms with Crippen molar-refractivity contribution in [3.8, 4) is 11.1 Å². The third-order valence-electron chi connectivity index (χ3n) is 8.28. The molecule has 0 aliphatic carbocycles. The summed E-state index contributed by atoms with van der Waals surface area (Å²) in [6.07, 6.45) is 16.6. The molecule has 5 aromatic rings. The fourth-order valence-electron chi connectivity index (χ4n) is 5.61. The number of pyridine rings is 2. The number of hydrogen-bond donors (Lipinski definition) is 3. The van der Waals surface area contributed by atoms with Crippen LogP contribution in [0.2, 0.25) is 0 Å². The Morgan fingerprint density at radius 3 is 2.31 bits per heavy atom. The minimum atomic E-state index is 0.578. The lowest BCUT2D eigenvalue weighted by molar-refractivity contribution is 0.312. The van der Waals surface area contributed by atoms with Crippen molar-refractivity contribution in [2.45, 2.75) is 79.8 Å². The van der Waals surface area contributed by atoms with Gasteiger partial charge < -0.3 is 25.4 Å². The fourth-order valence-corrected chi connectivity index (χ4v) is 5.61. The van der Waals surface area contributed by atoms with Crippen molar-refractivity contribution in [2.75, 3.05) is 50.5 Å². The van der Waals surface area contributed by atoms with Crippen molar-refractivity contribution in [3.05, 3.63) is 73.0 Å². The van der Waals surface area contributed by atoms with Crippen molar-refractivity contribution >= 4 is 34.4 Å². The smallest absolute Gasteiger partial charge is 0.224 e. The average Bonchev–Trinajstić information content (AvgIpc) is 3.76. The fraction of sp³-hybridized carbons (Fsp3) is 0.474. The highest BCUT2D eigenvalue weighted by molar-refractivity contribution is 5.94. The van der Waals surface area contributed by atoms with Gasteiger partial charge in [-0.3, -0.25) is 0 Å². The number of H-pyrrole nitrogens is 1. The van der Waals surface area contributed by atoms with E-state index < -0.39 is 0 Å². The van der Waals surface area contributed by atoms with Gasteiger partial charge >= 0.3 is 0 Å². The van der Waals surface area contributed by atoms with Crippen LogP contribution in [0, 0.1) is 0 Å². The molecule has 0 radical (unpaired) electrons. The van der Waals surface area contributed by atoms with Crippen LogP contribution in [0.3, 0.4) is 0 Å². The molecule has 0 amide bonds. The second kappa shape index (κ2) is 20.2. The zero-order valence-electron chi connectivity index (χ0n) is 30.6. The molecule has 0 atom stereocenters. The Bertz CT molecular complexity index is 1620. The number of aromatic nitrogens is 6. The van der Waals surface area contributed by atoms with E-state index in [1.165, 1.54) is 25.7 Å². The lowest BCUT2D eigenvalue weighted by Gasteiger charge is -2.33. The Kier molecular flexibility index (Phi) is 16.0. The van der Waals surface area contributed by atoms with Gasteiger partial charge in [-0.15, -0.1) is 0 Å². The van der Waals surface area contributed by atoms with Gasteiger partial charge in [0.1, 0.15) is 11.5 Å². The molecule has 0 saturated carbocycles. The summed E-state index contributed by atoms with van der Waals surface area (Å²) < 4.78 is 1.85. The molecule has 1 fully saturated rings. The normalized spacial score (nSPS) is 12.9. The zero-order chi connectivity index (χ0) is 34.9. The van der Waals surface area contributed by atoms with Gasteiger partial charge in [0.05, 0.1) is 11.7 Å². The molecule has 1 aliphatic rings. The first-order valence-corrected chi connectivity index (χ1v) is 17.8. The molecule has 0 bridgehead atoms. The van der Waals surface area contributed by atoms with Crippen LogP contribution in [-0.4, -0.2) is 80.8 Å².